The third kappa shape index (κ3) is 6.47. The summed E-state index contributed by atoms with van der Waals surface area (Å²) in [6.45, 7) is 0. The minimum Gasteiger partial charge on any atom is -0.755 e. The number of carbonyl (C=O) groups excluding carboxylic acids is 1. The zero-order valence-electron chi connectivity index (χ0n) is 23.2. The minimum atomic E-state index is -2.88. The van der Waals surface area contributed by atoms with E-state index in [2.05, 4.69) is 20.6 Å². The van der Waals surface area contributed by atoms with Crippen LogP contribution in [0.5, 0.6) is 17.2 Å². The average molecular weight is 603 g/mol. The van der Waals surface area contributed by atoms with Crippen LogP contribution in [0.3, 0.4) is 0 Å². The van der Waals surface area contributed by atoms with Crippen molar-refractivity contribution in [2.45, 2.75) is 0 Å². The summed E-state index contributed by atoms with van der Waals surface area (Å²) in [7, 11) is 4.39. The van der Waals surface area contributed by atoms with Gasteiger partial charge in [0.05, 0.1) is 54.9 Å². The number of hydrogen-bond acceptors (Lipinski definition) is 9. The van der Waals surface area contributed by atoms with Crippen LogP contribution in [-0.2, 0) is 11.3 Å². The topological polar surface area (TPSA) is 138 Å². The first-order valence-corrected chi connectivity index (χ1v) is 13.7. The van der Waals surface area contributed by atoms with Gasteiger partial charge in [-0.1, -0.05) is 18.2 Å². The first-order valence-electron chi connectivity index (χ1n) is 12.7. The van der Waals surface area contributed by atoms with Gasteiger partial charge in [-0.3, -0.25) is 13.3 Å². The van der Waals surface area contributed by atoms with Gasteiger partial charge >= 0.3 is 0 Å². The normalized spacial score (nSPS) is 11.5. The molecule has 0 bridgehead atoms. The van der Waals surface area contributed by atoms with Gasteiger partial charge in [-0.25, -0.2) is 14.4 Å². The lowest BCUT2D eigenvalue weighted by Gasteiger charge is -2.27. The molecule has 1 atom stereocenters. The van der Waals surface area contributed by atoms with Gasteiger partial charge in [-0.15, -0.1) is 0 Å². The molecule has 11 nitrogen and oxygen atoms in total. The molecule has 1 heterocycles. The summed E-state index contributed by atoms with van der Waals surface area (Å²) in [5.74, 6) is -0.00577. The molecule has 2 N–H and O–H groups in total. The molecule has 1 aromatic heterocycles. The summed E-state index contributed by atoms with van der Waals surface area (Å²) in [6.07, 6.45) is 0. The molecule has 0 fully saturated rings. The van der Waals surface area contributed by atoms with Crippen LogP contribution in [0.4, 0.5) is 33.1 Å². The van der Waals surface area contributed by atoms with Crippen LogP contribution >= 0.6 is 0 Å². The Kier molecular flexibility index (Phi) is 8.64. The summed E-state index contributed by atoms with van der Waals surface area (Å²) >= 11 is -2.88. The molecule has 0 spiro atoms. The molecule has 5 rings (SSSR count). The number of aromatic nitrogens is 2. The number of hydrogen-bond donors (Lipinski definition) is 2. The molecule has 0 aliphatic rings. The maximum absolute atomic E-state index is 13.9. The number of nitrogens with one attached hydrogen (secondary N) is 2. The number of rotatable bonds is 10. The quantitative estimate of drug-likeness (QED) is 0.192. The SMILES string of the molecule is COc1cc(Nc2nc3ccccc3nc2N(c2cccc(NC(=O)c3cc(F)ccc3OC)c2)S(=O)[O-])cc(OC)c1. The first-order chi connectivity index (χ1) is 20.8. The predicted molar refractivity (Wildman–Crippen MR) is 161 cm³/mol. The van der Waals surface area contributed by atoms with Gasteiger partial charge < -0.3 is 29.4 Å². The van der Waals surface area contributed by atoms with E-state index in [1.54, 1.807) is 54.6 Å². The molecular weight excluding hydrogens is 577 g/mol. The van der Waals surface area contributed by atoms with Crippen molar-refractivity contribution in [3.05, 3.63) is 96.3 Å². The number of fused-ring (bicyclic) bond motifs is 1. The summed E-state index contributed by atoms with van der Waals surface area (Å²) < 4.78 is 56.2. The van der Waals surface area contributed by atoms with Crippen molar-refractivity contribution < 1.29 is 32.2 Å². The predicted octanol–water partition coefficient (Wildman–Crippen LogP) is 5.72. The highest BCUT2D eigenvalue weighted by Gasteiger charge is 2.21. The molecule has 1 unspecified atom stereocenters. The van der Waals surface area contributed by atoms with Gasteiger partial charge in [-0.2, -0.15) is 0 Å². The van der Waals surface area contributed by atoms with Crippen molar-refractivity contribution >= 4 is 56.9 Å². The number of para-hydroxylation sites is 2. The Balaban J connectivity index is 1.57. The van der Waals surface area contributed by atoms with Crippen molar-refractivity contribution in [2.75, 3.05) is 36.3 Å². The number of carbonyl (C=O) groups is 1. The van der Waals surface area contributed by atoms with Crippen LogP contribution in [0.1, 0.15) is 10.4 Å². The number of amides is 1. The molecule has 0 aliphatic heterocycles. The summed E-state index contributed by atoms with van der Waals surface area (Å²) in [4.78, 5) is 22.3. The lowest BCUT2D eigenvalue weighted by atomic mass is 10.1. The van der Waals surface area contributed by atoms with Crippen LogP contribution < -0.4 is 29.1 Å². The highest BCUT2D eigenvalue weighted by atomic mass is 32.2. The Morgan fingerprint density at radius 3 is 2.19 bits per heavy atom. The lowest BCUT2D eigenvalue weighted by molar-refractivity contribution is 0.102. The Labute approximate surface area is 248 Å². The zero-order valence-corrected chi connectivity index (χ0v) is 24.0. The van der Waals surface area contributed by atoms with E-state index in [1.165, 1.54) is 45.6 Å². The van der Waals surface area contributed by atoms with Gasteiger partial charge in [-0.05, 0) is 48.5 Å². The molecule has 43 heavy (non-hydrogen) atoms. The van der Waals surface area contributed by atoms with E-state index >= 15 is 0 Å². The summed E-state index contributed by atoms with van der Waals surface area (Å²) in [5.41, 5.74) is 1.83. The van der Waals surface area contributed by atoms with Gasteiger partial charge in [0.2, 0.25) is 0 Å². The molecular formula is C30H25FN5O6S-. The second-order valence-corrected chi connectivity index (χ2v) is 9.77. The monoisotopic (exact) mass is 602 g/mol. The Hall–Kier alpha value is -5.27. The molecule has 1 amide bonds. The summed E-state index contributed by atoms with van der Waals surface area (Å²) in [6, 6.07) is 21.7. The number of benzene rings is 4. The first kappa shape index (κ1) is 29.2. The van der Waals surface area contributed by atoms with Crippen molar-refractivity contribution in [1.29, 1.82) is 0 Å². The highest BCUT2D eigenvalue weighted by molar-refractivity contribution is 7.81. The van der Waals surface area contributed by atoms with Crippen molar-refractivity contribution in [1.82, 2.24) is 9.97 Å². The maximum atomic E-state index is 13.9. The van der Waals surface area contributed by atoms with Crippen molar-refractivity contribution in [3.63, 3.8) is 0 Å². The molecule has 4 aromatic carbocycles. The van der Waals surface area contributed by atoms with E-state index in [0.717, 1.165) is 10.4 Å². The Morgan fingerprint density at radius 2 is 1.53 bits per heavy atom. The molecule has 0 radical (unpaired) electrons. The van der Waals surface area contributed by atoms with Gasteiger partial charge in [0.1, 0.15) is 23.1 Å². The van der Waals surface area contributed by atoms with E-state index in [-0.39, 0.29) is 34.3 Å². The average Bonchev–Trinajstić information content (AvgIpc) is 3.01. The molecule has 13 heteroatoms. The number of halogens is 1. The van der Waals surface area contributed by atoms with Crippen LogP contribution in [0.2, 0.25) is 0 Å². The van der Waals surface area contributed by atoms with Gasteiger partial charge in [0.25, 0.3) is 5.91 Å². The smallest absolute Gasteiger partial charge is 0.259 e. The molecule has 0 saturated carbocycles. The Morgan fingerprint density at radius 1 is 0.837 bits per heavy atom. The largest absolute Gasteiger partial charge is 0.755 e. The van der Waals surface area contributed by atoms with Crippen molar-refractivity contribution in [2.24, 2.45) is 0 Å². The fourth-order valence-corrected chi connectivity index (χ4v) is 4.83. The van der Waals surface area contributed by atoms with E-state index in [1.807, 2.05) is 0 Å². The third-order valence-electron chi connectivity index (χ3n) is 6.25. The van der Waals surface area contributed by atoms with E-state index in [4.69, 9.17) is 14.2 Å². The molecule has 0 saturated heterocycles. The second kappa shape index (κ2) is 12.7. The maximum Gasteiger partial charge on any atom is 0.259 e. The van der Waals surface area contributed by atoms with Crippen LogP contribution in [0, 0.1) is 5.82 Å². The number of methoxy groups -OCH3 is 3. The standard InChI is InChI=1S/C30H26FN5O6S/c1-40-22-15-20(16-23(17-22)41-2)32-28-29(35-26-10-5-4-9-25(26)34-28)36(43(38)39)21-8-6-7-19(14-21)33-30(37)24-13-18(31)11-12-27(24)42-3/h4-17H,1-3H3,(H,32,34)(H,33,37)(H,38,39)/p-1. The van der Waals surface area contributed by atoms with Gasteiger partial charge in [0.15, 0.2) is 11.6 Å². The van der Waals surface area contributed by atoms with Crippen LogP contribution in [0.25, 0.3) is 11.0 Å². The van der Waals surface area contributed by atoms with Crippen LogP contribution in [0.15, 0.2) is 84.9 Å². The fraction of sp³-hybridized carbons (Fsp3) is 0.100. The zero-order chi connectivity index (χ0) is 30.5. The highest BCUT2D eigenvalue weighted by Crippen LogP contribution is 2.36. The molecule has 0 aliphatic carbocycles. The van der Waals surface area contributed by atoms with Crippen molar-refractivity contribution in [3.8, 4) is 17.2 Å². The third-order valence-corrected chi connectivity index (χ3v) is 6.93. The van der Waals surface area contributed by atoms with Crippen LogP contribution in [-0.4, -0.2) is 46.0 Å². The molecule has 5 aromatic rings. The molecule has 220 valence electrons. The Bertz CT molecular complexity index is 1820. The summed E-state index contributed by atoms with van der Waals surface area (Å²) in [5, 5.41) is 5.80. The van der Waals surface area contributed by atoms with E-state index in [0.29, 0.717) is 28.2 Å². The lowest BCUT2D eigenvalue weighted by Crippen LogP contribution is -2.23. The second-order valence-electron chi connectivity index (χ2n) is 8.97. The minimum absolute atomic E-state index is 0.0299. The number of ether oxygens (including phenoxy) is 3. The van der Waals surface area contributed by atoms with E-state index in [9.17, 15) is 17.9 Å². The van der Waals surface area contributed by atoms with Gasteiger partial charge in [0, 0.05) is 29.6 Å². The van der Waals surface area contributed by atoms with E-state index < -0.39 is 23.0 Å². The number of anilines is 5. The fourth-order valence-electron chi connectivity index (χ4n) is 4.28. The number of nitrogens with zero attached hydrogens (tertiary/aromatic N) is 3.